The summed E-state index contributed by atoms with van der Waals surface area (Å²) in [7, 11) is 0. The third-order valence-corrected chi connectivity index (χ3v) is 6.19. The number of nitrogens with one attached hydrogen (secondary N) is 2. The smallest absolute Gasteiger partial charge is 0.387 e. The second-order valence-electron chi connectivity index (χ2n) is 7.45. The molecule has 1 saturated carbocycles. The Morgan fingerprint density at radius 3 is 2.61 bits per heavy atom. The van der Waals surface area contributed by atoms with Crippen molar-refractivity contribution in [3.63, 3.8) is 0 Å². The number of rotatable bonds is 9. The third kappa shape index (κ3) is 7.54. The Morgan fingerprint density at radius 1 is 1.06 bits per heavy atom. The highest BCUT2D eigenvalue weighted by atomic mass is 32.2. The second-order valence-corrected chi connectivity index (χ2v) is 8.47. The molecule has 2 aromatic rings. The molecule has 31 heavy (non-hydrogen) atoms. The van der Waals surface area contributed by atoms with E-state index in [1.165, 1.54) is 62.1 Å². The number of anilines is 1. The fraction of sp³-hybridized carbons (Fsp3) is 0.391. The van der Waals surface area contributed by atoms with Crippen molar-refractivity contribution in [2.24, 2.45) is 5.92 Å². The quantitative estimate of drug-likeness (QED) is 0.509. The van der Waals surface area contributed by atoms with E-state index in [9.17, 15) is 18.4 Å². The standard InChI is InChI=1S/C23H26F2N2O3S/c24-23(25)30-18-10-6-9-17(13-18)27-22(29)19-11-4-5-12-20(19)31-15-21(28)26-14-16-7-2-1-3-8-16/h4-6,9-13,16,23H,1-3,7-8,14-15H2,(H,26,28)(H,27,29). The number of amides is 2. The number of alkyl halides is 2. The average molecular weight is 449 g/mol. The number of benzene rings is 2. The van der Waals surface area contributed by atoms with Gasteiger partial charge in [0.05, 0.1) is 11.3 Å². The lowest BCUT2D eigenvalue weighted by atomic mass is 9.89. The fourth-order valence-electron chi connectivity index (χ4n) is 3.57. The molecule has 0 radical (unpaired) electrons. The highest BCUT2D eigenvalue weighted by Gasteiger charge is 2.16. The largest absolute Gasteiger partial charge is 0.435 e. The predicted octanol–water partition coefficient (Wildman–Crippen LogP) is 5.33. The highest BCUT2D eigenvalue weighted by Crippen LogP contribution is 2.26. The number of carbonyl (C=O) groups is 2. The van der Waals surface area contributed by atoms with E-state index >= 15 is 0 Å². The first-order valence-electron chi connectivity index (χ1n) is 10.4. The second kappa shape index (κ2) is 11.7. The summed E-state index contributed by atoms with van der Waals surface area (Å²) in [5, 5.41) is 5.69. The summed E-state index contributed by atoms with van der Waals surface area (Å²) in [6, 6.07) is 12.8. The van der Waals surface area contributed by atoms with E-state index in [2.05, 4.69) is 15.4 Å². The van der Waals surface area contributed by atoms with Gasteiger partial charge in [-0.3, -0.25) is 9.59 Å². The first kappa shape index (κ1) is 23.1. The fourth-order valence-corrected chi connectivity index (χ4v) is 4.45. The highest BCUT2D eigenvalue weighted by molar-refractivity contribution is 8.00. The maximum atomic E-state index is 12.7. The van der Waals surface area contributed by atoms with Crippen molar-refractivity contribution in [2.75, 3.05) is 17.6 Å². The molecule has 0 aliphatic heterocycles. The van der Waals surface area contributed by atoms with Crippen LogP contribution in [-0.2, 0) is 4.79 Å². The van der Waals surface area contributed by atoms with Gasteiger partial charge in [-0.2, -0.15) is 8.78 Å². The van der Waals surface area contributed by atoms with Gasteiger partial charge in [-0.05, 0) is 43.0 Å². The van der Waals surface area contributed by atoms with Gasteiger partial charge in [-0.25, -0.2) is 0 Å². The summed E-state index contributed by atoms with van der Waals surface area (Å²) in [5.41, 5.74) is 0.751. The Morgan fingerprint density at radius 2 is 1.84 bits per heavy atom. The summed E-state index contributed by atoms with van der Waals surface area (Å²) < 4.78 is 29.2. The summed E-state index contributed by atoms with van der Waals surface area (Å²) in [6.07, 6.45) is 6.08. The van der Waals surface area contributed by atoms with Crippen LogP contribution in [0.4, 0.5) is 14.5 Å². The van der Waals surface area contributed by atoms with Gasteiger partial charge >= 0.3 is 6.61 Å². The number of thioether (sulfide) groups is 1. The monoisotopic (exact) mass is 448 g/mol. The van der Waals surface area contributed by atoms with Crippen molar-refractivity contribution >= 4 is 29.3 Å². The number of hydrogen-bond donors (Lipinski definition) is 2. The van der Waals surface area contributed by atoms with Gasteiger partial charge in [0.1, 0.15) is 5.75 Å². The molecule has 2 aromatic carbocycles. The van der Waals surface area contributed by atoms with Crippen LogP contribution in [0.5, 0.6) is 5.75 Å². The van der Waals surface area contributed by atoms with E-state index in [4.69, 9.17) is 0 Å². The Hall–Kier alpha value is -2.61. The summed E-state index contributed by atoms with van der Waals surface area (Å²) in [4.78, 5) is 25.7. The molecule has 166 valence electrons. The van der Waals surface area contributed by atoms with Crippen molar-refractivity contribution in [3.8, 4) is 5.75 Å². The van der Waals surface area contributed by atoms with Crippen LogP contribution in [0, 0.1) is 5.92 Å². The van der Waals surface area contributed by atoms with Gasteiger partial charge < -0.3 is 15.4 Å². The number of hydrogen-bond acceptors (Lipinski definition) is 4. The van der Waals surface area contributed by atoms with Crippen LogP contribution >= 0.6 is 11.8 Å². The van der Waals surface area contributed by atoms with Crippen molar-refractivity contribution in [2.45, 2.75) is 43.6 Å². The molecule has 1 aliphatic rings. The van der Waals surface area contributed by atoms with Crippen LogP contribution in [0.3, 0.4) is 0 Å². The molecule has 0 heterocycles. The molecular weight excluding hydrogens is 422 g/mol. The maximum Gasteiger partial charge on any atom is 0.387 e. The van der Waals surface area contributed by atoms with E-state index < -0.39 is 6.61 Å². The van der Waals surface area contributed by atoms with Crippen LogP contribution in [0.1, 0.15) is 42.5 Å². The zero-order valence-electron chi connectivity index (χ0n) is 17.1. The molecular formula is C23H26F2N2O3S. The Labute approximate surface area is 184 Å². The molecule has 1 aliphatic carbocycles. The molecule has 5 nitrogen and oxygen atoms in total. The van der Waals surface area contributed by atoms with Crippen LogP contribution in [0.25, 0.3) is 0 Å². The van der Waals surface area contributed by atoms with Crippen LogP contribution in [-0.4, -0.2) is 30.7 Å². The van der Waals surface area contributed by atoms with Gasteiger partial charge in [0.15, 0.2) is 0 Å². The average Bonchev–Trinajstić information content (AvgIpc) is 2.77. The summed E-state index contributed by atoms with van der Waals surface area (Å²) in [5.74, 6) is 0.299. The lowest BCUT2D eigenvalue weighted by Crippen LogP contribution is -2.31. The van der Waals surface area contributed by atoms with E-state index in [1.54, 1.807) is 30.3 Å². The van der Waals surface area contributed by atoms with Crippen LogP contribution in [0.15, 0.2) is 53.4 Å². The van der Waals surface area contributed by atoms with Gasteiger partial charge in [-0.15, -0.1) is 11.8 Å². The van der Waals surface area contributed by atoms with E-state index in [-0.39, 0.29) is 23.3 Å². The van der Waals surface area contributed by atoms with Crippen molar-refractivity contribution in [1.29, 1.82) is 0 Å². The normalized spacial score (nSPS) is 14.3. The van der Waals surface area contributed by atoms with E-state index in [0.717, 1.165) is 0 Å². The van der Waals surface area contributed by atoms with Crippen LogP contribution < -0.4 is 15.4 Å². The summed E-state index contributed by atoms with van der Waals surface area (Å²) in [6.45, 7) is -2.23. The molecule has 2 N–H and O–H groups in total. The van der Waals surface area contributed by atoms with Gasteiger partial charge in [0.2, 0.25) is 5.91 Å². The van der Waals surface area contributed by atoms with Gasteiger partial charge in [-0.1, -0.05) is 37.5 Å². The van der Waals surface area contributed by atoms with Gasteiger partial charge in [0.25, 0.3) is 5.91 Å². The zero-order valence-corrected chi connectivity index (χ0v) is 17.9. The lowest BCUT2D eigenvalue weighted by Gasteiger charge is -2.21. The molecule has 0 saturated heterocycles. The van der Waals surface area contributed by atoms with Gasteiger partial charge in [0, 0.05) is 23.2 Å². The van der Waals surface area contributed by atoms with Crippen molar-refractivity contribution in [1.82, 2.24) is 5.32 Å². The van der Waals surface area contributed by atoms with E-state index in [1.807, 2.05) is 0 Å². The molecule has 0 atom stereocenters. The predicted molar refractivity (Wildman–Crippen MR) is 118 cm³/mol. The van der Waals surface area contributed by atoms with Crippen molar-refractivity contribution < 1.29 is 23.1 Å². The molecule has 0 bridgehead atoms. The number of carbonyl (C=O) groups excluding carboxylic acids is 2. The Kier molecular flexibility index (Phi) is 8.70. The first-order valence-corrected chi connectivity index (χ1v) is 11.3. The van der Waals surface area contributed by atoms with Crippen molar-refractivity contribution in [3.05, 3.63) is 54.1 Å². The molecule has 0 spiro atoms. The number of halogens is 2. The lowest BCUT2D eigenvalue weighted by molar-refractivity contribution is -0.118. The van der Waals surface area contributed by atoms with Crippen LogP contribution in [0.2, 0.25) is 0 Å². The zero-order chi connectivity index (χ0) is 22.1. The number of ether oxygens (including phenoxy) is 1. The minimum Gasteiger partial charge on any atom is -0.435 e. The minimum absolute atomic E-state index is 0.0369. The van der Waals surface area contributed by atoms with E-state index in [0.29, 0.717) is 28.6 Å². The molecule has 3 rings (SSSR count). The third-order valence-electron chi connectivity index (χ3n) is 5.12. The Bertz CT molecular complexity index is 889. The molecule has 1 fully saturated rings. The minimum atomic E-state index is -2.94. The molecule has 8 heteroatoms. The first-order chi connectivity index (χ1) is 15.0. The SMILES string of the molecule is O=C(CSc1ccccc1C(=O)Nc1cccc(OC(F)F)c1)NCC1CCCCC1. The Balaban J connectivity index is 1.55. The summed E-state index contributed by atoms with van der Waals surface area (Å²) >= 11 is 1.30. The molecule has 0 unspecified atom stereocenters. The molecule has 0 aromatic heterocycles. The maximum absolute atomic E-state index is 12.7. The molecule has 2 amide bonds. The topological polar surface area (TPSA) is 67.4 Å².